The molecule has 17 heavy (non-hydrogen) atoms. The molecule has 1 aliphatic carbocycles. The van der Waals surface area contributed by atoms with Crippen LogP contribution in [0.2, 0.25) is 0 Å². The lowest BCUT2D eigenvalue weighted by molar-refractivity contribution is 0.0650. The molecule has 0 radical (unpaired) electrons. The minimum atomic E-state index is -1.18. The minimum absolute atomic E-state index is 0.0659. The Morgan fingerprint density at radius 1 is 1.47 bits per heavy atom. The number of furan rings is 1. The molecule has 1 aromatic heterocycles. The molecule has 0 atom stereocenters. The Hall–Kier alpha value is -2.04. The van der Waals surface area contributed by atoms with Gasteiger partial charge >= 0.3 is 5.97 Å². The highest BCUT2D eigenvalue weighted by atomic mass is 16.4. The maximum absolute atomic E-state index is 12.0. The first-order valence-corrected chi connectivity index (χ1v) is 5.38. The van der Waals surface area contributed by atoms with Gasteiger partial charge in [0.15, 0.2) is 5.76 Å². The van der Waals surface area contributed by atoms with Gasteiger partial charge in [-0.15, -0.1) is 6.58 Å². The third-order valence-corrected chi connectivity index (χ3v) is 2.60. The number of carboxylic acid groups (broad SMARTS) is 1. The van der Waals surface area contributed by atoms with Crippen LogP contribution in [0.25, 0.3) is 0 Å². The quantitative estimate of drug-likeness (QED) is 0.789. The Morgan fingerprint density at radius 3 is 2.59 bits per heavy atom. The Bertz CT molecular complexity index is 459. The third-order valence-electron chi connectivity index (χ3n) is 2.60. The van der Waals surface area contributed by atoms with Crippen molar-refractivity contribution >= 4 is 11.9 Å². The molecule has 0 unspecified atom stereocenters. The maximum Gasteiger partial charge on any atom is 0.371 e. The molecule has 0 bridgehead atoms. The number of nitrogens with zero attached hydrogens (tertiary/aromatic N) is 1. The number of carboxylic acids is 1. The molecule has 1 heterocycles. The van der Waals surface area contributed by atoms with Crippen molar-refractivity contribution in [2.45, 2.75) is 18.9 Å². The highest BCUT2D eigenvalue weighted by Crippen LogP contribution is 2.28. The number of carbonyl (C=O) groups is 2. The van der Waals surface area contributed by atoms with Crippen molar-refractivity contribution in [3.63, 3.8) is 0 Å². The van der Waals surface area contributed by atoms with Crippen LogP contribution in [0.1, 0.15) is 34.0 Å². The van der Waals surface area contributed by atoms with Crippen LogP contribution in [0, 0.1) is 0 Å². The van der Waals surface area contributed by atoms with Crippen LogP contribution < -0.4 is 0 Å². The lowest BCUT2D eigenvalue weighted by Gasteiger charge is -2.18. The number of amides is 1. The van der Waals surface area contributed by atoms with Gasteiger partial charge < -0.3 is 14.4 Å². The summed E-state index contributed by atoms with van der Waals surface area (Å²) in [6, 6.07) is 2.91. The molecule has 2 rings (SSSR count). The predicted molar refractivity (Wildman–Crippen MR) is 59.9 cm³/mol. The molecule has 1 aromatic rings. The highest BCUT2D eigenvalue weighted by molar-refractivity contribution is 5.94. The molecule has 0 aliphatic heterocycles. The first-order valence-electron chi connectivity index (χ1n) is 5.38. The second kappa shape index (κ2) is 4.45. The van der Waals surface area contributed by atoms with Crippen LogP contribution in [0.4, 0.5) is 0 Å². The third kappa shape index (κ3) is 2.38. The van der Waals surface area contributed by atoms with Crippen LogP contribution in [-0.4, -0.2) is 34.5 Å². The molecular formula is C12H13NO4. The average molecular weight is 235 g/mol. The second-order valence-corrected chi connectivity index (χ2v) is 3.95. The van der Waals surface area contributed by atoms with E-state index in [-0.39, 0.29) is 23.5 Å². The van der Waals surface area contributed by atoms with E-state index in [0.717, 1.165) is 12.8 Å². The van der Waals surface area contributed by atoms with Gasteiger partial charge in [-0.1, -0.05) is 6.08 Å². The molecule has 1 saturated carbocycles. The van der Waals surface area contributed by atoms with Crippen molar-refractivity contribution in [1.29, 1.82) is 0 Å². The van der Waals surface area contributed by atoms with Crippen molar-refractivity contribution in [2.24, 2.45) is 0 Å². The number of aromatic carboxylic acids is 1. The fourth-order valence-corrected chi connectivity index (χ4v) is 1.63. The van der Waals surface area contributed by atoms with E-state index in [1.165, 1.54) is 12.1 Å². The van der Waals surface area contributed by atoms with Gasteiger partial charge in [-0.05, 0) is 25.0 Å². The summed E-state index contributed by atoms with van der Waals surface area (Å²) in [5.74, 6) is -1.61. The van der Waals surface area contributed by atoms with Crippen molar-refractivity contribution in [3.8, 4) is 0 Å². The van der Waals surface area contributed by atoms with E-state index in [0.29, 0.717) is 6.54 Å². The molecule has 0 aromatic carbocycles. The molecule has 0 saturated heterocycles. The zero-order valence-corrected chi connectivity index (χ0v) is 9.26. The lowest BCUT2D eigenvalue weighted by atomic mass is 10.3. The molecule has 5 heteroatoms. The van der Waals surface area contributed by atoms with Crippen LogP contribution in [0.15, 0.2) is 29.2 Å². The summed E-state index contributed by atoms with van der Waals surface area (Å²) in [5.41, 5.74) is 0. The first-order chi connectivity index (χ1) is 8.13. The minimum Gasteiger partial charge on any atom is -0.475 e. The van der Waals surface area contributed by atoms with Crippen LogP contribution in [0.3, 0.4) is 0 Å². The topological polar surface area (TPSA) is 70.8 Å². The monoisotopic (exact) mass is 235 g/mol. The predicted octanol–water partition coefficient (Wildman–Crippen LogP) is 1.77. The number of rotatable bonds is 5. The van der Waals surface area contributed by atoms with E-state index in [9.17, 15) is 9.59 Å². The SMILES string of the molecule is C=CCN(C(=O)c1ccc(C(=O)O)o1)C1CC1. The van der Waals surface area contributed by atoms with Crippen molar-refractivity contribution < 1.29 is 19.1 Å². The van der Waals surface area contributed by atoms with E-state index in [4.69, 9.17) is 9.52 Å². The van der Waals surface area contributed by atoms with E-state index >= 15 is 0 Å². The summed E-state index contributed by atoms with van der Waals surface area (Å²) in [6.07, 6.45) is 3.61. The van der Waals surface area contributed by atoms with Crippen LogP contribution in [0.5, 0.6) is 0 Å². The fourth-order valence-electron chi connectivity index (χ4n) is 1.63. The van der Waals surface area contributed by atoms with Crippen molar-refractivity contribution in [2.75, 3.05) is 6.54 Å². The normalized spacial score (nSPS) is 14.4. The molecule has 1 N–H and O–H groups in total. The fraction of sp³-hybridized carbons (Fsp3) is 0.333. The van der Waals surface area contributed by atoms with Crippen LogP contribution >= 0.6 is 0 Å². The van der Waals surface area contributed by atoms with E-state index < -0.39 is 5.97 Å². The summed E-state index contributed by atoms with van der Waals surface area (Å²) in [5, 5.41) is 8.71. The Kier molecular flexibility index (Phi) is 2.99. The number of hydrogen-bond acceptors (Lipinski definition) is 3. The standard InChI is InChI=1S/C12H13NO4/c1-2-7-13(8-3-4-8)11(14)9-5-6-10(17-9)12(15)16/h2,5-6,8H,1,3-4,7H2,(H,15,16). The average Bonchev–Trinajstić information content (AvgIpc) is 3.00. The molecule has 0 spiro atoms. The van der Waals surface area contributed by atoms with Gasteiger partial charge in [0.1, 0.15) is 0 Å². The summed E-state index contributed by atoms with van der Waals surface area (Å²) in [6.45, 7) is 4.05. The smallest absolute Gasteiger partial charge is 0.371 e. The van der Waals surface area contributed by atoms with Gasteiger partial charge in [0.05, 0.1) is 0 Å². The van der Waals surface area contributed by atoms with Gasteiger partial charge in [-0.25, -0.2) is 4.79 Å². The summed E-state index contributed by atoms with van der Waals surface area (Å²) >= 11 is 0. The Labute approximate surface area is 98.3 Å². The Balaban J connectivity index is 2.16. The van der Waals surface area contributed by atoms with Gasteiger partial charge in [0.25, 0.3) is 5.91 Å². The van der Waals surface area contributed by atoms with Gasteiger partial charge in [-0.3, -0.25) is 4.79 Å². The van der Waals surface area contributed by atoms with Crippen molar-refractivity contribution in [1.82, 2.24) is 4.90 Å². The molecule has 1 fully saturated rings. The van der Waals surface area contributed by atoms with Crippen LogP contribution in [-0.2, 0) is 0 Å². The van der Waals surface area contributed by atoms with E-state index in [1.807, 2.05) is 0 Å². The number of carbonyl (C=O) groups excluding carboxylic acids is 1. The van der Waals surface area contributed by atoms with Crippen molar-refractivity contribution in [3.05, 3.63) is 36.3 Å². The van der Waals surface area contributed by atoms with Gasteiger partial charge in [-0.2, -0.15) is 0 Å². The summed E-state index contributed by atoms with van der Waals surface area (Å²) in [4.78, 5) is 24.3. The lowest BCUT2D eigenvalue weighted by Crippen LogP contribution is -2.32. The molecular weight excluding hydrogens is 222 g/mol. The number of hydrogen-bond donors (Lipinski definition) is 1. The molecule has 1 amide bonds. The largest absolute Gasteiger partial charge is 0.475 e. The zero-order chi connectivity index (χ0) is 12.4. The van der Waals surface area contributed by atoms with Gasteiger partial charge in [0, 0.05) is 12.6 Å². The van der Waals surface area contributed by atoms with E-state index in [1.54, 1.807) is 11.0 Å². The molecule has 1 aliphatic rings. The van der Waals surface area contributed by atoms with Gasteiger partial charge in [0.2, 0.25) is 5.76 Å². The summed E-state index contributed by atoms with van der Waals surface area (Å²) < 4.78 is 4.99. The molecule has 5 nitrogen and oxygen atoms in total. The van der Waals surface area contributed by atoms with E-state index in [2.05, 4.69) is 6.58 Å². The summed E-state index contributed by atoms with van der Waals surface area (Å²) in [7, 11) is 0. The zero-order valence-electron chi connectivity index (χ0n) is 9.26. The molecule has 90 valence electrons. The second-order valence-electron chi connectivity index (χ2n) is 3.95. The maximum atomic E-state index is 12.0. The first kappa shape index (κ1) is 11.4. The Morgan fingerprint density at radius 2 is 2.12 bits per heavy atom. The highest BCUT2D eigenvalue weighted by Gasteiger charge is 2.33.